The number of ether oxygens (including phenoxy) is 1. The predicted octanol–water partition coefficient (Wildman–Crippen LogP) is 5.19. The van der Waals surface area contributed by atoms with Crippen LogP contribution < -0.4 is 4.90 Å². The van der Waals surface area contributed by atoms with Crippen LogP contribution in [0, 0.1) is 0 Å². The Balaban J connectivity index is 1.79. The number of benzene rings is 2. The monoisotopic (exact) mass is 407 g/mol. The van der Waals surface area contributed by atoms with Gasteiger partial charge in [-0.3, -0.25) is 0 Å². The highest BCUT2D eigenvalue weighted by Crippen LogP contribution is 2.37. The van der Waals surface area contributed by atoms with Crippen molar-refractivity contribution in [3.8, 4) is 0 Å². The Kier molecular flexibility index (Phi) is 6.47. The van der Waals surface area contributed by atoms with Crippen LogP contribution in [0.4, 0.5) is 18.9 Å². The molecule has 2 aromatic rings. The number of carboxylic acid groups (broad SMARTS) is 1. The molecule has 0 bridgehead atoms. The van der Waals surface area contributed by atoms with E-state index in [1.807, 2.05) is 6.92 Å². The number of aromatic carboxylic acids is 1. The largest absolute Gasteiger partial charge is 0.478 e. The van der Waals surface area contributed by atoms with E-state index < -0.39 is 17.7 Å². The van der Waals surface area contributed by atoms with Crippen LogP contribution in [0.3, 0.4) is 0 Å². The van der Waals surface area contributed by atoms with Crippen LogP contribution in [-0.4, -0.2) is 36.9 Å². The second kappa shape index (κ2) is 8.86. The molecule has 2 atom stereocenters. The second-order valence-corrected chi connectivity index (χ2v) is 7.29. The molecule has 4 nitrogen and oxygen atoms in total. The van der Waals surface area contributed by atoms with Crippen molar-refractivity contribution in [2.45, 2.75) is 37.9 Å². The van der Waals surface area contributed by atoms with Gasteiger partial charge in [-0.1, -0.05) is 19.1 Å². The van der Waals surface area contributed by atoms with E-state index in [2.05, 4.69) is 4.90 Å². The highest BCUT2D eigenvalue weighted by Gasteiger charge is 2.34. The molecule has 1 aliphatic rings. The van der Waals surface area contributed by atoms with Gasteiger partial charge >= 0.3 is 12.1 Å². The van der Waals surface area contributed by atoms with Gasteiger partial charge in [0.15, 0.2) is 0 Å². The minimum absolute atomic E-state index is 0.0736. The van der Waals surface area contributed by atoms with Crippen molar-refractivity contribution in [3.05, 3.63) is 65.2 Å². The Hall–Kier alpha value is -2.54. The van der Waals surface area contributed by atoms with E-state index in [4.69, 9.17) is 9.84 Å². The van der Waals surface area contributed by atoms with E-state index in [1.54, 1.807) is 36.4 Å². The molecule has 3 rings (SSSR count). The number of halogens is 3. The van der Waals surface area contributed by atoms with Crippen molar-refractivity contribution in [3.63, 3.8) is 0 Å². The maximum absolute atomic E-state index is 12.8. The molecule has 1 fully saturated rings. The highest BCUT2D eigenvalue weighted by atomic mass is 19.4. The van der Waals surface area contributed by atoms with Gasteiger partial charge in [0, 0.05) is 24.8 Å². The smallest absolute Gasteiger partial charge is 0.416 e. The second-order valence-electron chi connectivity index (χ2n) is 7.29. The summed E-state index contributed by atoms with van der Waals surface area (Å²) in [7, 11) is 0. The van der Waals surface area contributed by atoms with Gasteiger partial charge in [-0.2, -0.15) is 13.2 Å². The number of carboxylic acids is 1. The first-order valence-corrected chi connectivity index (χ1v) is 9.64. The van der Waals surface area contributed by atoms with E-state index in [9.17, 15) is 18.0 Å². The lowest BCUT2D eigenvalue weighted by Crippen LogP contribution is -2.33. The fraction of sp³-hybridized carbons (Fsp3) is 0.409. The number of alkyl halides is 3. The van der Waals surface area contributed by atoms with Crippen molar-refractivity contribution in [1.82, 2.24) is 0 Å². The number of hydrogen-bond donors (Lipinski definition) is 1. The van der Waals surface area contributed by atoms with Crippen LogP contribution in [0.25, 0.3) is 0 Å². The third-order valence-corrected chi connectivity index (χ3v) is 5.23. The summed E-state index contributed by atoms with van der Waals surface area (Å²) in [5.74, 6) is -0.907. The van der Waals surface area contributed by atoms with Crippen LogP contribution in [0.15, 0.2) is 48.5 Å². The number of hydrogen-bond acceptors (Lipinski definition) is 3. The lowest BCUT2D eigenvalue weighted by atomic mass is 9.95. The Bertz CT molecular complexity index is 819. The Morgan fingerprint density at radius 3 is 2.34 bits per heavy atom. The third-order valence-electron chi connectivity index (χ3n) is 5.23. The number of rotatable bonds is 7. The molecule has 156 valence electrons. The lowest BCUT2D eigenvalue weighted by molar-refractivity contribution is -0.137. The summed E-state index contributed by atoms with van der Waals surface area (Å²) >= 11 is 0. The summed E-state index contributed by atoms with van der Waals surface area (Å²) in [6.45, 7) is 3.83. The third kappa shape index (κ3) is 5.09. The van der Waals surface area contributed by atoms with E-state index in [-0.39, 0.29) is 17.5 Å². The van der Waals surface area contributed by atoms with E-state index >= 15 is 0 Å². The van der Waals surface area contributed by atoms with Crippen molar-refractivity contribution >= 4 is 11.7 Å². The van der Waals surface area contributed by atoms with E-state index in [0.29, 0.717) is 19.8 Å². The van der Waals surface area contributed by atoms with E-state index in [0.717, 1.165) is 36.2 Å². The topological polar surface area (TPSA) is 49.8 Å². The van der Waals surface area contributed by atoms with Crippen molar-refractivity contribution in [2.75, 3.05) is 24.7 Å². The minimum atomic E-state index is -4.34. The zero-order chi connectivity index (χ0) is 21.0. The molecule has 0 radical (unpaired) electrons. The molecule has 1 unspecified atom stereocenters. The quantitative estimate of drug-likeness (QED) is 0.642. The van der Waals surface area contributed by atoms with Gasteiger partial charge in [0.25, 0.3) is 0 Å². The fourth-order valence-electron chi connectivity index (χ4n) is 3.74. The van der Waals surface area contributed by atoms with Gasteiger partial charge in [-0.05, 0) is 54.8 Å². The molecule has 0 saturated carbocycles. The Labute approximate surface area is 167 Å². The van der Waals surface area contributed by atoms with Gasteiger partial charge in [0.2, 0.25) is 0 Å². The molecule has 1 aliphatic heterocycles. The SMILES string of the molecule is CCCOC[C@@H]1CC(c2ccc(C(F)(F)F)cc2)CN1c1ccc(C(=O)O)cc1. The average molecular weight is 407 g/mol. The zero-order valence-electron chi connectivity index (χ0n) is 16.2. The maximum atomic E-state index is 12.8. The Morgan fingerprint density at radius 1 is 1.14 bits per heavy atom. The van der Waals surface area contributed by atoms with Crippen molar-refractivity contribution < 1.29 is 27.8 Å². The maximum Gasteiger partial charge on any atom is 0.416 e. The summed E-state index contributed by atoms with van der Waals surface area (Å²) in [5, 5.41) is 9.09. The van der Waals surface area contributed by atoms with Crippen LogP contribution in [-0.2, 0) is 10.9 Å². The first-order chi connectivity index (χ1) is 13.8. The number of carbonyl (C=O) groups is 1. The molecule has 1 N–H and O–H groups in total. The molecule has 7 heteroatoms. The summed E-state index contributed by atoms with van der Waals surface area (Å²) in [6.07, 6.45) is -2.68. The summed E-state index contributed by atoms with van der Waals surface area (Å²) < 4.78 is 44.3. The molecule has 2 aromatic carbocycles. The molecule has 0 aliphatic carbocycles. The molecule has 0 amide bonds. The summed E-state index contributed by atoms with van der Waals surface area (Å²) in [4.78, 5) is 13.3. The molecule has 0 spiro atoms. The Morgan fingerprint density at radius 2 is 1.79 bits per heavy atom. The standard InChI is InChI=1S/C22H24F3NO3/c1-2-11-29-14-20-12-17(15-3-7-18(8-4-15)22(23,24)25)13-26(20)19-9-5-16(6-10-19)21(27)28/h3-10,17,20H,2,11-14H2,1H3,(H,27,28)/t17?,20-/m0/s1. The molecule has 29 heavy (non-hydrogen) atoms. The highest BCUT2D eigenvalue weighted by molar-refractivity contribution is 5.88. The molecular weight excluding hydrogens is 383 g/mol. The van der Waals surface area contributed by atoms with Gasteiger partial charge in [-0.15, -0.1) is 0 Å². The fourth-order valence-corrected chi connectivity index (χ4v) is 3.74. The van der Waals surface area contributed by atoms with Gasteiger partial charge in [0.1, 0.15) is 0 Å². The summed E-state index contributed by atoms with van der Waals surface area (Å²) in [5.41, 5.74) is 1.31. The van der Waals surface area contributed by atoms with Crippen molar-refractivity contribution in [2.24, 2.45) is 0 Å². The van der Waals surface area contributed by atoms with Gasteiger partial charge in [-0.25, -0.2) is 4.79 Å². The minimum Gasteiger partial charge on any atom is -0.478 e. The van der Waals surface area contributed by atoms with Gasteiger partial charge < -0.3 is 14.7 Å². The first kappa shape index (κ1) is 21.2. The van der Waals surface area contributed by atoms with Crippen LogP contribution in [0.2, 0.25) is 0 Å². The number of anilines is 1. The zero-order valence-corrected chi connectivity index (χ0v) is 16.2. The van der Waals surface area contributed by atoms with Crippen LogP contribution >= 0.6 is 0 Å². The van der Waals surface area contributed by atoms with E-state index in [1.165, 1.54) is 0 Å². The summed E-state index contributed by atoms with van der Waals surface area (Å²) in [6, 6.07) is 12.1. The lowest BCUT2D eigenvalue weighted by Gasteiger charge is -2.26. The first-order valence-electron chi connectivity index (χ1n) is 9.64. The molecule has 1 saturated heterocycles. The molecule has 1 heterocycles. The number of nitrogens with zero attached hydrogens (tertiary/aromatic N) is 1. The van der Waals surface area contributed by atoms with Crippen LogP contribution in [0.5, 0.6) is 0 Å². The molecule has 0 aromatic heterocycles. The molecular formula is C22H24F3NO3. The van der Waals surface area contributed by atoms with Crippen molar-refractivity contribution in [1.29, 1.82) is 0 Å². The average Bonchev–Trinajstić information content (AvgIpc) is 3.12. The van der Waals surface area contributed by atoms with Crippen LogP contribution in [0.1, 0.15) is 47.2 Å². The van der Waals surface area contributed by atoms with Gasteiger partial charge in [0.05, 0.1) is 23.8 Å². The predicted molar refractivity (Wildman–Crippen MR) is 104 cm³/mol. The normalized spacial score (nSPS) is 19.5.